The molecule has 0 bridgehead atoms. The van der Waals surface area contributed by atoms with E-state index in [0.717, 1.165) is 25.2 Å². The Morgan fingerprint density at radius 2 is 2.00 bits per heavy atom. The first-order valence-corrected chi connectivity index (χ1v) is 6.96. The molecule has 1 unspecified atom stereocenters. The van der Waals surface area contributed by atoms with Gasteiger partial charge in [0.25, 0.3) is 0 Å². The number of nitrogens with one attached hydrogen (secondary N) is 1. The lowest BCUT2D eigenvalue weighted by Gasteiger charge is -2.23. The van der Waals surface area contributed by atoms with Gasteiger partial charge in [0.05, 0.1) is 17.6 Å². The van der Waals surface area contributed by atoms with E-state index in [1.165, 1.54) is 0 Å². The third-order valence-corrected chi connectivity index (χ3v) is 3.42. The molecule has 4 nitrogen and oxygen atoms in total. The Labute approximate surface area is 120 Å². The summed E-state index contributed by atoms with van der Waals surface area (Å²) in [4.78, 5) is 14.4. The fourth-order valence-electron chi connectivity index (χ4n) is 2.43. The number of anilines is 1. The topological polar surface area (TPSA) is 56.1 Å². The van der Waals surface area contributed by atoms with Crippen molar-refractivity contribution in [3.05, 3.63) is 29.8 Å². The second kappa shape index (κ2) is 5.54. The van der Waals surface area contributed by atoms with Gasteiger partial charge in [-0.05, 0) is 51.5 Å². The maximum Gasteiger partial charge on any atom is 0.225 e. The van der Waals surface area contributed by atoms with Crippen LogP contribution in [0.1, 0.15) is 32.8 Å². The maximum atomic E-state index is 12.2. The van der Waals surface area contributed by atoms with E-state index >= 15 is 0 Å². The lowest BCUT2D eigenvalue weighted by Crippen LogP contribution is -2.44. The predicted octanol–water partition coefficient (Wildman–Crippen LogP) is 2.30. The Balaban J connectivity index is 1.98. The third-order valence-electron chi connectivity index (χ3n) is 3.42. The van der Waals surface area contributed by atoms with Gasteiger partial charge >= 0.3 is 0 Å². The van der Waals surface area contributed by atoms with Gasteiger partial charge in [-0.2, -0.15) is 5.26 Å². The lowest BCUT2D eigenvalue weighted by molar-refractivity contribution is -0.125. The molecular weight excluding hydrogens is 250 g/mol. The highest BCUT2D eigenvalue weighted by molar-refractivity contribution is 5.80. The number of carbonyl (C=O) groups is 1. The number of amides is 1. The molecule has 0 aromatic heterocycles. The minimum atomic E-state index is -0.182. The number of nitriles is 1. The molecule has 0 aliphatic carbocycles. The Hall–Kier alpha value is -2.02. The summed E-state index contributed by atoms with van der Waals surface area (Å²) in [7, 11) is 0. The smallest absolute Gasteiger partial charge is 0.225 e. The molecule has 1 aliphatic rings. The van der Waals surface area contributed by atoms with Gasteiger partial charge in [-0.3, -0.25) is 4.79 Å². The van der Waals surface area contributed by atoms with Crippen molar-refractivity contribution in [3.63, 3.8) is 0 Å². The Morgan fingerprint density at radius 1 is 1.35 bits per heavy atom. The van der Waals surface area contributed by atoms with Gasteiger partial charge in [0.1, 0.15) is 0 Å². The monoisotopic (exact) mass is 271 g/mol. The van der Waals surface area contributed by atoms with Crippen LogP contribution in [0, 0.1) is 17.2 Å². The highest BCUT2D eigenvalue weighted by Gasteiger charge is 2.30. The van der Waals surface area contributed by atoms with Crippen LogP contribution in [0.5, 0.6) is 0 Å². The number of benzene rings is 1. The molecule has 4 heteroatoms. The molecule has 1 N–H and O–H groups in total. The number of rotatable bonds is 2. The average molecular weight is 271 g/mol. The summed E-state index contributed by atoms with van der Waals surface area (Å²) >= 11 is 0. The molecule has 1 aliphatic heterocycles. The fraction of sp³-hybridized carbons (Fsp3) is 0.500. The molecular formula is C16H21N3O. The molecule has 1 aromatic rings. The van der Waals surface area contributed by atoms with Gasteiger partial charge in [-0.15, -0.1) is 0 Å². The lowest BCUT2D eigenvalue weighted by atomic mass is 10.0. The number of hydrogen-bond acceptors (Lipinski definition) is 3. The van der Waals surface area contributed by atoms with Gasteiger partial charge in [0, 0.05) is 24.3 Å². The number of nitrogens with zero attached hydrogens (tertiary/aromatic N) is 2. The normalized spacial score (nSPS) is 18.7. The minimum Gasteiger partial charge on any atom is -0.371 e. The SMILES string of the molecule is CC(C)(C)NC(=O)C1CCN(c2ccc(C#N)cc2)C1. The van der Waals surface area contributed by atoms with Gasteiger partial charge in [-0.25, -0.2) is 0 Å². The van der Waals surface area contributed by atoms with Crippen LogP contribution in [0.2, 0.25) is 0 Å². The molecule has 2 rings (SSSR count). The summed E-state index contributed by atoms with van der Waals surface area (Å²) in [6, 6.07) is 9.64. The first-order chi connectivity index (χ1) is 9.39. The van der Waals surface area contributed by atoms with E-state index in [4.69, 9.17) is 5.26 Å². The Morgan fingerprint density at radius 3 is 2.55 bits per heavy atom. The van der Waals surface area contributed by atoms with Crippen LogP contribution in [0.15, 0.2) is 24.3 Å². The molecule has 1 atom stereocenters. The standard InChI is InChI=1S/C16H21N3O/c1-16(2,3)18-15(20)13-8-9-19(11-13)14-6-4-12(10-17)5-7-14/h4-7,13H,8-9,11H2,1-3H3,(H,18,20). The van der Waals surface area contributed by atoms with Crippen molar-refractivity contribution in [2.45, 2.75) is 32.7 Å². The minimum absolute atomic E-state index is 0.0462. The summed E-state index contributed by atoms with van der Waals surface area (Å²) < 4.78 is 0. The average Bonchev–Trinajstić information content (AvgIpc) is 2.86. The van der Waals surface area contributed by atoms with E-state index < -0.39 is 0 Å². The summed E-state index contributed by atoms with van der Waals surface area (Å²) in [5, 5.41) is 11.8. The maximum absolute atomic E-state index is 12.2. The molecule has 0 spiro atoms. The van der Waals surface area contributed by atoms with Crippen LogP contribution in [0.3, 0.4) is 0 Å². The zero-order chi connectivity index (χ0) is 14.8. The van der Waals surface area contributed by atoms with E-state index in [-0.39, 0.29) is 17.4 Å². The summed E-state index contributed by atoms with van der Waals surface area (Å²) in [5.74, 6) is 0.179. The second-order valence-corrected chi connectivity index (χ2v) is 6.33. The van der Waals surface area contributed by atoms with Crippen molar-refractivity contribution in [2.75, 3.05) is 18.0 Å². The van der Waals surface area contributed by atoms with Crippen molar-refractivity contribution in [2.24, 2.45) is 5.92 Å². The molecule has 20 heavy (non-hydrogen) atoms. The van der Waals surface area contributed by atoms with Gasteiger partial charge in [-0.1, -0.05) is 0 Å². The van der Waals surface area contributed by atoms with Crippen molar-refractivity contribution in [3.8, 4) is 6.07 Å². The molecule has 1 saturated heterocycles. The molecule has 106 valence electrons. The molecule has 1 amide bonds. The first-order valence-electron chi connectivity index (χ1n) is 6.96. The number of carbonyl (C=O) groups excluding carboxylic acids is 1. The first kappa shape index (κ1) is 14.4. The summed E-state index contributed by atoms with van der Waals surface area (Å²) in [6.45, 7) is 7.62. The second-order valence-electron chi connectivity index (χ2n) is 6.33. The van der Waals surface area contributed by atoms with Crippen LogP contribution in [-0.2, 0) is 4.79 Å². The molecule has 1 aromatic carbocycles. The molecule has 1 fully saturated rings. The van der Waals surface area contributed by atoms with E-state index in [1.54, 1.807) is 0 Å². The largest absolute Gasteiger partial charge is 0.371 e. The van der Waals surface area contributed by atoms with E-state index in [1.807, 2.05) is 45.0 Å². The summed E-state index contributed by atoms with van der Waals surface area (Å²) in [6.07, 6.45) is 0.877. The van der Waals surface area contributed by atoms with E-state index in [0.29, 0.717) is 5.56 Å². The Kier molecular flexibility index (Phi) is 3.99. The third kappa shape index (κ3) is 3.51. The van der Waals surface area contributed by atoms with Crippen LogP contribution < -0.4 is 10.2 Å². The molecule has 1 heterocycles. The zero-order valence-electron chi connectivity index (χ0n) is 12.3. The molecule has 0 radical (unpaired) electrons. The van der Waals surface area contributed by atoms with Gasteiger partial charge in [0.15, 0.2) is 0 Å². The van der Waals surface area contributed by atoms with Gasteiger partial charge < -0.3 is 10.2 Å². The van der Waals surface area contributed by atoms with Crippen molar-refractivity contribution in [1.29, 1.82) is 5.26 Å². The summed E-state index contributed by atoms with van der Waals surface area (Å²) in [5.41, 5.74) is 1.56. The number of hydrogen-bond donors (Lipinski definition) is 1. The van der Waals surface area contributed by atoms with Crippen LogP contribution in [0.4, 0.5) is 5.69 Å². The highest BCUT2D eigenvalue weighted by atomic mass is 16.2. The predicted molar refractivity (Wildman–Crippen MR) is 79.4 cm³/mol. The van der Waals surface area contributed by atoms with E-state index in [2.05, 4.69) is 16.3 Å². The zero-order valence-corrected chi connectivity index (χ0v) is 12.3. The van der Waals surface area contributed by atoms with Crippen LogP contribution in [0.25, 0.3) is 0 Å². The highest BCUT2D eigenvalue weighted by Crippen LogP contribution is 2.24. The van der Waals surface area contributed by atoms with Crippen LogP contribution >= 0.6 is 0 Å². The Bertz CT molecular complexity index is 522. The quantitative estimate of drug-likeness (QED) is 0.898. The fourth-order valence-corrected chi connectivity index (χ4v) is 2.43. The van der Waals surface area contributed by atoms with Crippen molar-refractivity contribution in [1.82, 2.24) is 5.32 Å². The van der Waals surface area contributed by atoms with Crippen molar-refractivity contribution < 1.29 is 4.79 Å². The molecule has 0 saturated carbocycles. The van der Waals surface area contributed by atoms with Crippen molar-refractivity contribution >= 4 is 11.6 Å². The van der Waals surface area contributed by atoms with Crippen LogP contribution in [-0.4, -0.2) is 24.5 Å². The van der Waals surface area contributed by atoms with E-state index in [9.17, 15) is 4.79 Å². The van der Waals surface area contributed by atoms with Gasteiger partial charge in [0.2, 0.25) is 5.91 Å².